The Labute approximate surface area is 123 Å². The summed E-state index contributed by atoms with van der Waals surface area (Å²) in [7, 11) is 0. The van der Waals surface area contributed by atoms with Gasteiger partial charge in [-0.1, -0.05) is 28.1 Å². The lowest BCUT2D eigenvalue weighted by Crippen LogP contribution is -2.23. The molecular weight excluding hydrogens is 324 g/mol. The number of aromatic carboxylic acids is 1. The fraction of sp³-hybridized carbons (Fsp3) is 0.0714. The Morgan fingerprint density at radius 2 is 1.90 bits per heavy atom. The number of carbonyl (C=O) groups is 2. The zero-order valence-corrected chi connectivity index (χ0v) is 11.9. The molecule has 5 nitrogen and oxygen atoms in total. The van der Waals surface area contributed by atoms with Crippen LogP contribution in [0.4, 0.5) is 0 Å². The fourth-order valence-corrected chi connectivity index (χ4v) is 1.84. The number of carboxylic acids is 1. The normalized spacial score (nSPS) is 10.1. The SMILES string of the molecule is O=C(NCc1ccc(Br)cc1)c1ccnc(C(=O)O)c1. The second-order valence-corrected chi connectivity index (χ2v) is 4.96. The van der Waals surface area contributed by atoms with E-state index in [1.807, 2.05) is 24.3 Å². The van der Waals surface area contributed by atoms with Crippen molar-refractivity contribution in [2.45, 2.75) is 6.54 Å². The van der Waals surface area contributed by atoms with Crippen molar-refractivity contribution >= 4 is 27.8 Å². The van der Waals surface area contributed by atoms with Gasteiger partial charge in [-0.2, -0.15) is 0 Å². The molecule has 0 radical (unpaired) electrons. The molecule has 0 bridgehead atoms. The minimum Gasteiger partial charge on any atom is -0.477 e. The summed E-state index contributed by atoms with van der Waals surface area (Å²) < 4.78 is 0.966. The smallest absolute Gasteiger partial charge is 0.354 e. The third kappa shape index (κ3) is 3.64. The van der Waals surface area contributed by atoms with Crippen LogP contribution in [0, 0.1) is 0 Å². The Hall–Kier alpha value is -2.21. The summed E-state index contributed by atoms with van der Waals surface area (Å²) in [6, 6.07) is 10.3. The predicted molar refractivity (Wildman–Crippen MR) is 76.5 cm³/mol. The van der Waals surface area contributed by atoms with Crippen molar-refractivity contribution in [1.29, 1.82) is 0 Å². The number of nitrogens with one attached hydrogen (secondary N) is 1. The highest BCUT2D eigenvalue weighted by molar-refractivity contribution is 9.10. The molecule has 0 unspecified atom stereocenters. The van der Waals surface area contributed by atoms with Gasteiger partial charge in [0, 0.05) is 22.8 Å². The van der Waals surface area contributed by atoms with Gasteiger partial charge in [0.05, 0.1) is 0 Å². The molecule has 102 valence electrons. The number of carbonyl (C=O) groups excluding carboxylic acids is 1. The van der Waals surface area contributed by atoms with E-state index >= 15 is 0 Å². The van der Waals surface area contributed by atoms with E-state index in [4.69, 9.17) is 5.11 Å². The number of amides is 1. The fourth-order valence-electron chi connectivity index (χ4n) is 1.58. The molecule has 0 fully saturated rings. The average Bonchev–Trinajstić information content (AvgIpc) is 2.46. The van der Waals surface area contributed by atoms with E-state index < -0.39 is 5.97 Å². The molecular formula is C14H11BrN2O3. The van der Waals surface area contributed by atoms with Gasteiger partial charge in [0.25, 0.3) is 5.91 Å². The maximum Gasteiger partial charge on any atom is 0.354 e. The van der Waals surface area contributed by atoms with Crippen LogP contribution in [0.25, 0.3) is 0 Å². The molecule has 0 saturated heterocycles. The summed E-state index contributed by atoms with van der Waals surface area (Å²) in [6.07, 6.45) is 1.30. The Morgan fingerprint density at radius 1 is 1.20 bits per heavy atom. The largest absolute Gasteiger partial charge is 0.477 e. The molecule has 1 aromatic heterocycles. The van der Waals surface area contributed by atoms with Crippen LogP contribution in [0.1, 0.15) is 26.4 Å². The van der Waals surface area contributed by atoms with Crippen molar-refractivity contribution in [1.82, 2.24) is 10.3 Å². The lowest BCUT2D eigenvalue weighted by Gasteiger charge is -2.06. The molecule has 2 rings (SSSR count). The van der Waals surface area contributed by atoms with Crippen LogP contribution in [0.3, 0.4) is 0 Å². The minimum atomic E-state index is -1.16. The molecule has 0 saturated carbocycles. The zero-order chi connectivity index (χ0) is 14.5. The Bertz CT molecular complexity index is 641. The first-order valence-electron chi connectivity index (χ1n) is 5.78. The number of benzene rings is 1. The number of rotatable bonds is 4. The maximum atomic E-state index is 11.9. The van der Waals surface area contributed by atoms with Gasteiger partial charge in [0.15, 0.2) is 0 Å². The Balaban J connectivity index is 2.03. The van der Waals surface area contributed by atoms with E-state index in [-0.39, 0.29) is 17.2 Å². The molecule has 0 aliphatic heterocycles. The molecule has 2 aromatic rings. The van der Waals surface area contributed by atoms with Crippen LogP contribution in [0.5, 0.6) is 0 Å². The number of carboxylic acid groups (broad SMARTS) is 1. The quantitative estimate of drug-likeness (QED) is 0.900. The zero-order valence-electron chi connectivity index (χ0n) is 10.3. The van der Waals surface area contributed by atoms with Crippen LogP contribution in [0.15, 0.2) is 47.1 Å². The summed E-state index contributed by atoms with van der Waals surface area (Å²) in [5.74, 6) is -1.50. The highest BCUT2D eigenvalue weighted by Gasteiger charge is 2.10. The number of nitrogens with zero attached hydrogens (tertiary/aromatic N) is 1. The highest BCUT2D eigenvalue weighted by atomic mass is 79.9. The van der Waals surface area contributed by atoms with E-state index in [1.165, 1.54) is 18.3 Å². The summed E-state index contributed by atoms with van der Waals surface area (Å²) in [5.41, 5.74) is 1.07. The van der Waals surface area contributed by atoms with E-state index in [0.717, 1.165) is 10.0 Å². The summed E-state index contributed by atoms with van der Waals surface area (Å²) >= 11 is 3.33. The molecule has 2 N–H and O–H groups in total. The summed E-state index contributed by atoms with van der Waals surface area (Å²) in [4.78, 5) is 26.4. The van der Waals surface area contributed by atoms with Crippen molar-refractivity contribution in [2.24, 2.45) is 0 Å². The van der Waals surface area contributed by atoms with Gasteiger partial charge in [-0.25, -0.2) is 9.78 Å². The highest BCUT2D eigenvalue weighted by Crippen LogP contribution is 2.10. The monoisotopic (exact) mass is 334 g/mol. The van der Waals surface area contributed by atoms with Gasteiger partial charge in [-0.15, -0.1) is 0 Å². The number of aromatic nitrogens is 1. The van der Waals surface area contributed by atoms with Gasteiger partial charge in [-0.05, 0) is 29.8 Å². The Kier molecular flexibility index (Phi) is 4.47. The van der Waals surface area contributed by atoms with E-state index in [9.17, 15) is 9.59 Å². The van der Waals surface area contributed by atoms with Crippen LogP contribution in [0.2, 0.25) is 0 Å². The van der Waals surface area contributed by atoms with Gasteiger partial charge < -0.3 is 10.4 Å². The van der Waals surface area contributed by atoms with Crippen molar-refractivity contribution in [3.63, 3.8) is 0 Å². The molecule has 1 amide bonds. The molecule has 1 aromatic carbocycles. The average molecular weight is 335 g/mol. The lowest BCUT2D eigenvalue weighted by atomic mass is 10.2. The third-order valence-electron chi connectivity index (χ3n) is 2.61. The van der Waals surface area contributed by atoms with Crippen molar-refractivity contribution in [3.05, 3.63) is 63.9 Å². The van der Waals surface area contributed by atoms with Crippen molar-refractivity contribution in [2.75, 3.05) is 0 Å². The summed E-state index contributed by atoms with van der Waals surface area (Å²) in [5, 5.41) is 11.6. The first kappa shape index (κ1) is 14.2. The number of halogens is 1. The standard InChI is InChI=1S/C14H11BrN2O3/c15-11-3-1-9(2-4-11)8-17-13(18)10-5-6-16-12(7-10)14(19)20/h1-7H,8H2,(H,17,18)(H,19,20). The van der Waals surface area contributed by atoms with E-state index in [0.29, 0.717) is 6.54 Å². The maximum absolute atomic E-state index is 11.9. The number of pyridine rings is 1. The Morgan fingerprint density at radius 3 is 2.55 bits per heavy atom. The predicted octanol–water partition coefficient (Wildman–Crippen LogP) is 2.47. The van der Waals surface area contributed by atoms with Gasteiger partial charge >= 0.3 is 5.97 Å². The number of hydrogen-bond donors (Lipinski definition) is 2. The molecule has 0 spiro atoms. The van der Waals surface area contributed by atoms with E-state index in [2.05, 4.69) is 26.2 Å². The van der Waals surface area contributed by atoms with Crippen LogP contribution >= 0.6 is 15.9 Å². The van der Waals surface area contributed by atoms with Gasteiger partial charge in [-0.3, -0.25) is 4.79 Å². The molecule has 0 aliphatic carbocycles. The van der Waals surface area contributed by atoms with Crippen molar-refractivity contribution in [3.8, 4) is 0 Å². The van der Waals surface area contributed by atoms with Gasteiger partial charge in [0.1, 0.15) is 5.69 Å². The lowest BCUT2D eigenvalue weighted by molar-refractivity contribution is 0.0690. The van der Waals surface area contributed by atoms with Crippen LogP contribution in [-0.4, -0.2) is 22.0 Å². The summed E-state index contributed by atoms with van der Waals surface area (Å²) in [6.45, 7) is 0.372. The van der Waals surface area contributed by atoms with Crippen molar-refractivity contribution < 1.29 is 14.7 Å². The molecule has 6 heteroatoms. The number of hydrogen-bond acceptors (Lipinski definition) is 3. The van der Waals surface area contributed by atoms with E-state index in [1.54, 1.807) is 0 Å². The third-order valence-corrected chi connectivity index (χ3v) is 3.14. The first-order chi connectivity index (χ1) is 9.56. The van der Waals surface area contributed by atoms with Crippen LogP contribution < -0.4 is 5.32 Å². The molecule has 1 heterocycles. The molecule has 0 aliphatic rings. The first-order valence-corrected chi connectivity index (χ1v) is 6.57. The topological polar surface area (TPSA) is 79.3 Å². The second kappa shape index (κ2) is 6.29. The van der Waals surface area contributed by atoms with Crippen LogP contribution in [-0.2, 0) is 6.54 Å². The second-order valence-electron chi connectivity index (χ2n) is 4.04. The van der Waals surface area contributed by atoms with Gasteiger partial charge in [0.2, 0.25) is 0 Å². The minimum absolute atomic E-state index is 0.152. The molecule has 0 atom stereocenters. The molecule has 20 heavy (non-hydrogen) atoms.